The van der Waals surface area contributed by atoms with Gasteiger partial charge in [-0.25, -0.2) is 4.79 Å². The zero-order chi connectivity index (χ0) is 13.0. The number of nitrogens with one attached hydrogen (secondary N) is 1. The van der Waals surface area contributed by atoms with Crippen LogP contribution in [0.4, 0.5) is 13.2 Å². The highest BCUT2D eigenvalue weighted by molar-refractivity contribution is 5.88. The smallest absolute Gasteiger partial charge is 0.422 e. The summed E-state index contributed by atoms with van der Waals surface area (Å²) in [7, 11) is 0. The number of carbonyl (C=O) groups is 2. The van der Waals surface area contributed by atoms with Gasteiger partial charge in [0.2, 0.25) is 11.4 Å². The minimum Gasteiger partial charge on any atom is -0.479 e. The fourth-order valence-corrected chi connectivity index (χ4v) is 0.755. The molecule has 16 heavy (non-hydrogen) atoms. The van der Waals surface area contributed by atoms with Gasteiger partial charge in [-0.3, -0.25) is 4.79 Å². The molecule has 0 saturated heterocycles. The summed E-state index contributed by atoms with van der Waals surface area (Å²) in [5.41, 5.74) is -3.30. The number of carboxylic acid groups (broad SMARTS) is 1. The zero-order valence-corrected chi connectivity index (χ0v) is 8.72. The van der Waals surface area contributed by atoms with Crippen LogP contribution in [0.1, 0.15) is 13.8 Å². The van der Waals surface area contributed by atoms with Crippen LogP contribution < -0.4 is 5.32 Å². The van der Waals surface area contributed by atoms with E-state index in [1.54, 1.807) is 6.92 Å². The maximum Gasteiger partial charge on any atom is 0.422 e. The van der Waals surface area contributed by atoms with Gasteiger partial charge >= 0.3 is 12.1 Å². The molecule has 0 aliphatic carbocycles. The lowest BCUT2D eigenvalue weighted by molar-refractivity contribution is -0.207. The second kappa shape index (κ2) is 5.15. The molecule has 0 spiro atoms. The van der Waals surface area contributed by atoms with Crippen LogP contribution in [0.25, 0.3) is 0 Å². The van der Waals surface area contributed by atoms with E-state index in [1.807, 2.05) is 0 Å². The first-order valence-electron chi connectivity index (χ1n) is 4.34. The molecule has 0 saturated carbocycles. The van der Waals surface area contributed by atoms with Crippen molar-refractivity contribution >= 4 is 11.9 Å². The Morgan fingerprint density at radius 1 is 1.38 bits per heavy atom. The van der Waals surface area contributed by atoms with E-state index in [0.29, 0.717) is 6.92 Å². The van der Waals surface area contributed by atoms with Gasteiger partial charge in [-0.1, -0.05) is 0 Å². The first kappa shape index (κ1) is 14.7. The van der Waals surface area contributed by atoms with Gasteiger partial charge in [0.1, 0.15) is 6.61 Å². The summed E-state index contributed by atoms with van der Waals surface area (Å²) >= 11 is 0. The molecule has 0 bridgehead atoms. The summed E-state index contributed by atoms with van der Waals surface area (Å²) in [6.07, 6.45) is -5.08. The van der Waals surface area contributed by atoms with Crippen molar-refractivity contribution in [2.45, 2.75) is 25.6 Å². The van der Waals surface area contributed by atoms with Crippen LogP contribution in [-0.4, -0.2) is 41.9 Å². The first-order valence-corrected chi connectivity index (χ1v) is 4.34. The second-order valence-corrected chi connectivity index (χ2v) is 3.11. The predicted octanol–water partition coefficient (Wildman–Crippen LogP) is 0.545. The van der Waals surface area contributed by atoms with Gasteiger partial charge in [0.05, 0.1) is 0 Å². The zero-order valence-electron chi connectivity index (χ0n) is 8.72. The highest BCUT2D eigenvalue weighted by Gasteiger charge is 2.58. The number of rotatable bonds is 5. The Labute approximate surface area is 89.6 Å². The van der Waals surface area contributed by atoms with E-state index in [4.69, 9.17) is 5.11 Å². The summed E-state index contributed by atoms with van der Waals surface area (Å²) in [5, 5.41) is 9.85. The Kier molecular flexibility index (Phi) is 4.73. The number of hydrogen-bond donors (Lipinski definition) is 2. The molecule has 0 aromatic heterocycles. The van der Waals surface area contributed by atoms with Gasteiger partial charge in [0.15, 0.2) is 0 Å². The van der Waals surface area contributed by atoms with Crippen LogP contribution >= 0.6 is 0 Å². The maximum absolute atomic E-state index is 12.4. The van der Waals surface area contributed by atoms with Gasteiger partial charge in [0, 0.05) is 6.61 Å². The Hall–Kier alpha value is -1.31. The van der Waals surface area contributed by atoms with Crippen molar-refractivity contribution in [2.24, 2.45) is 0 Å². The van der Waals surface area contributed by atoms with Crippen LogP contribution in [0.2, 0.25) is 0 Å². The number of amides is 1. The molecule has 0 aromatic carbocycles. The summed E-state index contributed by atoms with van der Waals surface area (Å²) in [6, 6.07) is 0. The Balaban J connectivity index is 4.71. The number of carbonyl (C=O) groups excluding carboxylic acids is 1. The molecule has 1 unspecified atom stereocenters. The van der Waals surface area contributed by atoms with Gasteiger partial charge in [-0.15, -0.1) is 0 Å². The van der Waals surface area contributed by atoms with Crippen molar-refractivity contribution in [2.75, 3.05) is 13.2 Å². The number of ether oxygens (including phenoxy) is 1. The Morgan fingerprint density at radius 3 is 2.19 bits per heavy atom. The van der Waals surface area contributed by atoms with Crippen LogP contribution in [0, 0.1) is 0 Å². The molecule has 1 amide bonds. The molecular formula is C8H12F3NO4. The average Bonchev–Trinajstić information content (AvgIpc) is 2.12. The van der Waals surface area contributed by atoms with E-state index < -0.39 is 30.2 Å². The Morgan fingerprint density at radius 2 is 1.88 bits per heavy atom. The van der Waals surface area contributed by atoms with Gasteiger partial charge in [-0.2, -0.15) is 13.2 Å². The van der Waals surface area contributed by atoms with Gasteiger partial charge < -0.3 is 15.2 Å². The van der Waals surface area contributed by atoms with E-state index in [2.05, 4.69) is 4.74 Å². The molecule has 2 N–H and O–H groups in total. The molecule has 0 aliphatic rings. The monoisotopic (exact) mass is 243 g/mol. The van der Waals surface area contributed by atoms with Crippen LogP contribution in [0.5, 0.6) is 0 Å². The number of halogens is 3. The molecule has 94 valence electrons. The number of alkyl halides is 3. The summed E-state index contributed by atoms with van der Waals surface area (Å²) in [5.74, 6) is -3.31. The van der Waals surface area contributed by atoms with Crippen LogP contribution in [0.3, 0.4) is 0 Å². The topological polar surface area (TPSA) is 75.6 Å². The van der Waals surface area contributed by atoms with Crippen molar-refractivity contribution in [3.05, 3.63) is 0 Å². The lowest BCUT2D eigenvalue weighted by atomic mass is 10.0. The normalized spacial score (nSPS) is 15.3. The van der Waals surface area contributed by atoms with Crippen LogP contribution in [-0.2, 0) is 14.3 Å². The minimum absolute atomic E-state index is 0.142. The lowest BCUT2D eigenvalue weighted by Gasteiger charge is -2.28. The van der Waals surface area contributed by atoms with E-state index >= 15 is 0 Å². The third-order valence-electron chi connectivity index (χ3n) is 1.82. The van der Waals surface area contributed by atoms with Crippen LogP contribution in [0.15, 0.2) is 0 Å². The molecule has 0 fully saturated rings. The molecule has 0 aromatic rings. The fraction of sp³-hybridized carbons (Fsp3) is 0.750. The number of aliphatic carboxylic acids is 1. The highest BCUT2D eigenvalue weighted by Crippen LogP contribution is 2.30. The SMILES string of the molecule is CCOCC(=O)NC(C)(C(=O)O)C(F)(F)F. The lowest BCUT2D eigenvalue weighted by Crippen LogP contribution is -2.62. The Bertz CT molecular complexity index is 279. The molecule has 0 rings (SSSR count). The quantitative estimate of drug-likeness (QED) is 0.739. The standard InChI is InChI=1S/C8H12F3NO4/c1-3-16-4-5(13)12-7(2,6(14)15)8(9,10)11/h3-4H2,1-2H3,(H,12,13)(H,14,15). The van der Waals surface area contributed by atoms with Gasteiger partial charge in [0.25, 0.3) is 0 Å². The summed E-state index contributed by atoms with van der Waals surface area (Å²) < 4.78 is 41.8. The fourth-order valence-electron chi connectivity index (χ4n) is 0.755. The molecule has 0 aliphatic heterocycles. The average molecular weight is 243 g/mol. The maximum atomic E-state index is 12.4. The molecule has 0 heterocycles. The van der Waals surface area contributed by atoms with Crippen molar-refractivity contribution in [3.8, 4) is 0 Å². The number of carboxylic acids is 1. The summed E-state index contributed by atoms with van der Waals surface area (Å²) in [6.45, 7) is 1.45. The molecule has 8 heteroatoms. The summed E-state index contributed by atoms with van der Waals surface area (Å²) in [4.78, 5) is 21.5. The highest BCUT2D eigenvalue weighted by atomic mass is 19.4. The third kappa shape index (κ3) is 3.37. The van der Waals surface area contributed by atoms with Crippen molar-refractivity contribution in [1.29, 1.82) is 0 Å². The van der Waals surface area contributed by atoms with Gasteiger partial charge in [-0.05, 0) is 13.8 Å². The predicted molar refractivity (Wildman–Crippen MR) is 46.7 cm³/mol. The van der Waals surface area contributed by atoms with E-state index in [1.165, 1.54) is 5.32 Å². The number of hydrogen-bond acceptors (Lipinski definition) is 3. The molecule has 5 nitrogen and oxygen atoms in total. The second-order valence-electron chi connectivity index (χ2n) is 3.11. The van der Waals surface area contributed by atoms with Crippen molar-refractivity contribution in [1.82, 2.24) is 5.32 Å². The first-order chi connectivity index (χ1) is 7.15. The van der Waals surface area contributed by atoms with Crippen molar-refractivity contribution < 1.29 is 32.6 Å². The minimum atomic E-state index is -5.08. The van der Waals surface area contributed by atoms with Crippen molar-refractivity contribution in [3.63, 3.8) is 0 Å². The molecule has 1 atom stereocenters. The molecule has 0 radical (unpaired) electrons. The van der Waals surface area contributed by atoms with E-state index in [-0.39, 0.29) is 6.61 Å². The third-order valence-corrected chi connectivity index (χ3v) is 1.82. The largest absolute Gasteiger partial charge is 0.479 e. The van der Waals surface area contributed by atoms with E-state index in [0.717, 1.165) is 0 Å². The van der Waals surface area contributed by atoms with E-state index in [9.17, 15) is 22.8 Å². The molecular weight excluding hydrogens is 231 g/mol.